The minimum absolute atomic E-state index is 0.0592. The van der Waals surface area contributed by atoms with E-state index in [2.05, 4.69) is 9.62 Å². The lowest BCUT2D eigenvalue weighted by Gasteiger charge is -2.26. The Morgan fingerprint density at radius 2 is 2.05 bits per heavy atom. The highest BCUT2D eigenvalue weighted by molar-refractivity contribution is 7.89. The van der Waals surface area contributed by atoms with Crippen LogP contribution in [-0.4, -0.2) is 57.8 Å². The van der Waals surface area contributed by atoms with Gasteiger partial charge in [0.2, 0.25) is 10.0 Å². The summed E-state index contributed by atoms with van der Waals surface area (Å²) in [5.41, 5.74) is 0. The number of nitrogens with zero attached hydrogens (tertiary/aromatic N) is 1. The zero-order chi connectivity index (χ0) is 13.7. The van der Waals surface area contributed by atoms with Crippen LogP contribution in [0.4, 0.5) is 0 Å². The minimum atomic E-state index is -3.55. The van der Waals surface area contributed by atoms with Crippen molar-refractivity contribution < 1.29 is 18.3 Å². The average Bonchev–Trinajstić information content (AvgIpc) is 2.40. The van der Waals surface area contributed by atoms with E-state index in [0.717, 1.165) is 13.1 Å². The molecule has 0 spiro atoms. The molecule has 0 aliphatic carbocycles. The van der Waals surface area contributed by atoms with Crippen molar-refractivity contribution in [1.29, 1.82) is 0 Å². The number of nitrogens with one attached hydrogen (secondary N) is 1. The molecule has 1 aliphatic heterocycles. The Morgan fingerprint density at radius 1 is 1.32 bits per heavy atom. The van der Waals surface area contributed by atoms with Gasteiger partial charge in [-0.25, -0.2) is 13.1 Å². The molecule has 1 aliphatic rings. The van der Waals surface area contributed by atoms with Crippen LogP contribution in [0, 0.1) is 0 Å². The van der Waals surface area contributed by atoms with E-state index in [4.69, 9.17) is 4.74 Å². The zero-order valence-corrected chi connectivity index (χ0v) is 11.4. The van der Waals surface area contributed by atoms with Gasteiger partial charge in [0, 0.05) is 26.2 Å². The van der Waals surface area contributed by atoms with Crippen LogP contribution in [-0.2, 0) is 14.8 Å². The van der Waals surface area contributed by atoms with E-state index in [1.165, 1.54) is 24.3 Å². The Morgan fingerprint density at radius 3 is 2.74 bits per heavy atom. The average molecular weight is 286 g/mol. The fourth-order valence-electron chi connectivity index (χ4n) is 1.90. The summed E-state index contributed by atoms with van der Waals surface area (Å²) in [7, 11) is -3.55. The number of phenolic OH excluding ortho intramolecular Hbond substituents is 1. The highest BCUT2D eigenvalue weighted by Gasteiger charge is 2.15. The lowest BCUT2D eigenvalue weighted by Crippen LogP contribution is -2.41. The van der Waals surface area contributed by atoms with Gasteiger partial charge in [-0.05, 0) is 18.2 Å². The van der Waals surface area contributed by atoms with E-state index in [9.17, 15) is 13.5 Å². The van der Waals surface area contributed by atoms with Crippen molar-refractivity contribution in [1.82, 2.24) is 9.62 Å². The second-order valence-corrected chi connectivity index (χ2v) is 6.12. The van der Waals surface area contributed by atoms with Gasteiger partial charge in [0.15, 0.2) is 0 Å². The number of sulfonamides is 1. The maximum absolute atomic E-state index is 12.0. The lowest BCUT2D eigenvalue weighted by molar-refractivity contribution is 0.0390. The first kappa shape index (κ1) is 14.3. The summed E-state index contributed by atoms with van der Waals surface area (Å²) in [6.07, 6.45) is 0. The lowest BCUT2D eigenvalue weighted by atomic mass is 10.3. The van der Waals surface area contributed by atoms with Crippen LogP contribution in [0.1, 0.15) is 0 Å². The molecule has 0 saturated carbocycles. The van der Waals surface area contributed by atoms with Crippen molar-refractivity contribution in [2.75, 3.05) is 39.4 Å². The van der Waals surface area contributed by atoms with Crippen LogP contribution >= 0.6 is 0 Å². The molecular weight excluding hydrogens is 268 g/mol. The van der Waals surface area contributed by atoms with Gasteiger partial charge in [-0.1, -0.05) is 6.07 Å². The SMILES string of the molecule is O=S(=O)(NCCN1CCOCC1)c1cccc(O)c1. The third-order valence-electron chi connectivity index (χ3n) is 2.95. The summed E-state index contributed by atoms with van der Waals surface area (Å²) in [6.45, 7) is 4.04. The number of benzene rings is 1. The van der Waals surface area contributed by atoms with Crippen molar-refractivity contribution >= 4 is 10.0 Å². The number of ether oxygens (including phenoxy) is 1. The van der Waals surface area contributed by atoms with Crippen molar-refractivity contribution in [3.8, 4) is 5.75 Å². The quantitative estimate of drug-likeness (QED) is 0.797. The standard InChI is InChI=1S/C12H18N2O4S/c15-11-2-1-3-12(10-11)19(16,17)13-4-5-14-6-8-18-9-7-14/h1-3,10,13,15H,4-9H2. The van der Waals surface area contributed by atoms with E-state index in [0.29, 0.717) is 26.3 Å². The van der Waals surface area contributed by atoms with Gasteiger partial charge < -0.3 is 9.84 Å². The number of aromatic hydroxyl groups is 1. The summed E-state index contributed by atoms with van der Waals surface area (Å²) < 4.78 is 31.7. The van der Waals surface area contributed by atoms with Gasteiger partial charge in [-0.15, -0.1) is 0 Å². The highest BCUT2D eigenvalue weighted by Crippen LogP contribution is 2.15. The van der Waals surface area contributed by atoms with Gasteiger partial charge in [0.1, 0.15) is 5.75 Å². The monoisotopic (exact) mass is 286 g/mol. The molecule has 0 atom stereocenters. The highest BCUT2D eigenvalue weighted by atomic mass is 32.2. The fourth-order valence-corrected chi connectivity index (χ4v) is 2.96. The molecule has 1 heterocycles. The molecule has 0 radical (unpaired) electrons. The number of morpholine rings is 1. The molecule has 1 aromatic carbocycles. The van der Waals surface area contributed by atoms with Crippen LogP contribution in [0.2, 0.25) is 0 Å². The van der Waals surface area contributed by atoms with Gasteiger partial charge in [-0.2, -0.15) is 0 Å². The third-order valence-corrected chi connectivity index (χ3v) is 4.41. The maximum atomic E-state index is 12.0. The Kier molecular flexibility index (Phi) is 4.76. The van der Waals surface area contributed by atoms with Crippen molar-refractivity contribution in [2.24, 2.45) is 0 Å². The summed E-state index contributed by atoms with van der Waals surface area (Å²) in [6, 6.07) is 5.63. The Hall–Kier alpha value is -1.15. The predicted molar refractivity (Wildman–Crippen MR) is 70.6 cm³/mol. The van der Waals surface area contributed by atoms with Crippen LogP contribution in [0.5, 0.6) is 5.75 Å². The fraction of sp³-hybridized carbons (Fsp3) is 0.500. The van der Waals surface area contributed by atoms with E-state index in [1.54, 1.807) is 0 Å². The zero-order valence-electron chi connectivity index (χ0n) is 10.6. The summed E-state index contributed by atoms with van der Waals surface area (Å²) in [4.78, 5) is 2.23. The van der Waals surface area contributed by atoms with E-state index >= 15 is 0 Å². The van der Waals surface area contributed by atoms with E-state index in [-0.39, 0.29) is 10.6 Å². The van der Waals surface area contributed by atoms with Crippen LogP contribution in [0.25, 0.3) is 0 Å². The first-order chi connectivity index (χ1) is 9.08. The second-order valence-electron chi connectivity index (χ2n) is 4.35. The largest absolute Gasteiger partial charge is 0.508 e. The molecule has 6 nitrogen and oxygen atoms in total. The molecule has 0 aromatic heterocycles. The molecule has 19 heavy (non-hydrogen) atoms. The number of rotatable bonds is 5. The molecule has 106 valence electrons. The van der Waals surface area contributed by atoms with Crippen molar-refractivity contribution in [2.45, 2.75) is 4.90 Å². The topological polar surface area (TPSA) is 78.9 Å². The van der Waals surface area contributed by atoms with Gasteiger partial charge >= 0.3 is 0 Å². The molecule has 1 saturated heterocycles. The Bertz CT molecular complexity index is 512. The second kappa shape index (κ2) is 6.33. The molecule has 1 fully saturated rings. The van der Waals surface area contributed by atoms with Crippen LogP contribution < -0.4 is 4.72 Å². The summed E-state index contributed by atoms with van der Waals surface area (Å²) in [5, 5.41) is 9.29. The van der Waals surface area contributed by atoms with E-state index in [1.807, 2.05) is 0 Å². The number of phenols is 1. The molecule has 1 aromatic rings. The Balaban J connectivity index is 1.87. The molecule has 0 unspecified atom stereocenters. The molecular formula is C12H18N2O4S. The smallest absolute Gasteiger partial charge is 0.240 e. The third kappa shape index (κ3) is 4.17. The summed E-state index contributed by atoms with van der Waals surface area (Å²) in [5.74, 6) is -0.0592. The molecule has 2 rings (SSSR count). The van der Waals surface area contributed by atoms with Crippen molar-refractivity contribution in [3.63, 3.8) is 0 Å². The first-order valence-electron chi connectivity index (χ1n) is 6.17. The summed E-state index contributed by atoms with van der Waals surface area (Å²) >= 11 is 0. The molecule has 7 heteroatoms. The van der Waals surface area contributed by atoms with E-state index < -0.39 is 10.0 Å². The minimum Gasteiger partial charge on any atom is -0.508 e. The van der Waals surface area contributed by atoms with Crippen LogP contribution in [0.3, 0.4) is 0 Å². The van der Waals surface area contributed by atoms with Gasteiger partial charge in [0.25, 0.3) is 0 Å². The molecule has 0 bridgehead atoms. The normalized spacial score (nSPS) is 17.5. The molecule has 0 amide bonds. The van der Waals surface area contributed by atoms with Gasteiger partial charge in [0.05, 0.1) is 18.1 Å². The number of hydrogen-bond acceptors (Lipinski definition) is 5. The number of hydrogen-bond donors (Lipinski definition) is 2. The molecule has 2 N–H and O–H groups in total. The predicted octanol–water partition coefficient (Wildman–Crippen LogP) is 0.00270. The van der Waals surface area contributed by atoms with Gasteiger partial charge in [-0.3, -0.25) is 4.90 Å². The Labute approximate surface area is 113 Å². The first-order valence-corrected chi connectivity index (χ1v) is 7.65. The van der Waals surface area contributed by atoms with Crippen molar-refractivity contribution in [3.05, 3.63) is 24.3 Å². The van der Waals surface area contributed by atoms with Crippen LogP contribution in [0.15, 0.2) is 29.2 Å². The maximum Gasteiger partial charge on any atom is 0.240 e.